The number of hydrogen-bond donors (Lipinski definition) is 2. The Labute approximate surface area is 173 Å². The SMILES string of the molecule is COc1ccc(NCc2ccc(C(=O)Nc3cc(F)c(F)cc3C)cc2)cc1OC. The first-order valence-electron chi connectivity index (χ1n) is 9.23. The number of rotatable bonds is 7. The third-order valence-electron chi connectivity index (χ3n) is 4.61. The molecule has 156 valence electrons. The van der Waals surface area contributed by atoms with Gasteiger partial charge >= 0.3 is 0 Å². The number of nitrogens with one attached hydrogen (secondary N) is 2. The first-order valence-corrected chi connectivity index (χ1v) is 9.23. The van der Waals surface area contributed by atoms with Crippen molar-refractivity contribution in [2.75, 3.05) is 24.9 Å². The van der Waals surface area contributed by atoms with Crippen LogP contribution in [0.5, 0.6) is 11.5 Å². The van der Waals surface area contributed by atoms with Crippen LogP contribution >= 0.6 is 0 Å². The Morgan fingerprint density at radius 2 is 1.57 bits per heavy atom. The number of hydrogen-bond acceptors (Lipinski definition) is 4. The van der Waals surface area contributed by atoms with E-state index in [0.29, 0.717) is 29.2 Å². The largest absolute Gasteiger partial charge is 0.493 e. The molecule has 0 spiro atoms. The van der Waals surface area contributed by atoms with Crippen molar-refractivity contribution in [3.05, 3.63) is 82.9 Å². The third kappa shape index (κ3) is 4.86. The van der Waals surface area contributed by atoms with Crippen LogP contribution in [0.15, 0.2) is 54.6 Å². The second-order valence-electron chi connectivity index (χ2n) is 6.66. The van der Waals surface area contributed by atoms with Crippen molar-refractivity contribution >= 4 is 17.3 Å². The van der Waals surface area contributed by atoms with E-state index >= 15 is 0 Å². The number of aryl methyl sites for hydroxylation is 1. The molecule has 0 aromatic heterocycles. The average molecular weight is 412 g/mol. The van der Waals surface area contributed by atoms with Gasteiger partial charge in [-0.2, -0.15) is 0 Å². The van der Waals surface area contributed by atoms with E-state index < -0.39 is 17.5 Å². The molecule has 3 aromatic carbocycles. The van der Waals surface area contributed by atoms with E-state index in [2.05, 4.69) is 10.6 Å². The van der Waals surface area contributed by atoms with Crippen LogP contribution in [-0.2, 0) is 6.54 Å². The van der Waals surface area contributed by atoms with Gasteiger partial charge in [0.2, 0.25) is 0 Å². The molecule has 0 radical (unpaired) electrons. The Morgan fingerprint density at radius 3 is 2.23 bits per heavy atom. The fourth-order valence-corrected chi connectivity index (χ4v) is 2.90. The average Bonchev–Trinajstić information content (AvgIpc) is 2.76. The molecule has 5 nitrogen and oxygen atoms in total. The number of carbonyl (C=O) groups is 1. The van der Waals surface area contributed by atoms with Crippen molar-refractivity contribution in [3.63, 3.8) is 0 Å². The van der Waals surface area contributed by atoms with E-state index in [1.54, 1.807) is 33.3 Å². The lowest BCUT2D eigenvalue weighted by Crippen LogP contribution is -2.13. The molecule has 0 aliphatic rings. The monoisotopic (exact) mass is 412 g/mol. The summed E-state index contributed by atoms with van der Waals surface area (Å²) in [6.07, 6.45) is 0. The fourth-order valence-electron chi connectivity index (χ4n) is 2.90. The Hall–Kier alpha value is -3.61. The van der Waals surface area contributed by atoms with Crippen LogP contribution in [0, 0.1) is 18.6 Å². The number of benzene rings is 3. The summed E-state index contributed by atoms with van der Waals surface area (Å²) in [6, 6.07) is 14.6. The molecule has 3 rings (SSSR count). The van der Waals surface area contributed by atoms with Gasteiger partial charge in [0.15, 0.2) is 23.1 Å². The predicted molar refractivity (Wildman–Crippen MR) is 112 cm³/mol. The summed E-state index contributed by atoms with van der Waals surface area (Å²) in [6.45, 7) is 2.14. The lowest BCUT2D eigenvalue weighted by atomic mass is 10.1. The normalized spacial score (nSPS) is 10.4. The molecule has 0 atom stereocenters. The summed E-state index contributed by atoms with van der Waals surface area (Å²) in [4.78, 5) is 12.4. The van der Waals surface area contributed by atoms with Gasteiger partial charge in [0.25, 0.3) is 5.91 Å². The Kier molecular flexibility index (Phi) is 6.51. The zero-order valence-corrected chi connectivity index (χ0v) is 16.9. The molecule has 0 aliphatic heterocycles. The van der Waals surface area contributed by atoms with Gasteiger partial charge in [-0.1, -0.05) is 12.1 Å². The van der Waals surface area contributed by atoms with Gasteiger partial charge in [0.1, 0.15) is 0 Å². The molecule has 0 heterocycles. The number of anilines is 2. The molecule has 0 saturated carbocycles. The molecule has 0 saturated heterocycles. The minimum atomic E-state index is -1.01. The summed E-state index contributed by atoms with van der Waals surface area (Å²) < 4.78 is 37.2. The zero-order chi connectivity index (χ0) is 21.7. The maximum atomic E-state index is 13.4. The first kappa shape index (κ1) is 21.1. The molecule has 7 heteroatoms. The molecule has 3 aromatic rings. The van der Waals surface area contributed by atoms with Crippen molar-refractivity contribution < 1.29 is 23.0 Å². The van der Waals surface area contributed by atoms with Crippen LogP contribution in [0.1, 0.15) is 21.5 Å². The number of ether oxygens (including phenoxy) is 2. The maximum absolute atomic E-state index is 13.4. The number of carbonyl (C=O) groups excluding carboxylic acids is 1. The highest BCUT2D eigenvalue weighted by molar-refractivity contribution is 6.04. The second-order valence-corrected chi connectivity index (χ2v) is 6.66. The molecular formula is C23H22F2N2O3. The number of halogens is 2. The Morgan fingerprint density at radius 1 is 0.900 bits per heavy atom. The van der Waals surface area contributed by atoms with E-state index in [9.17, 15) is 13.6 Å². The summed E-state index contributed by atoms with van der Waals surface area (Å²) in [5, 5.41) is 5.89. The van der Waals surface area contributed by atoms with E-state index in [4.69, 9.17) is 9.47 Å². The van der Waals surface area contributed by atoms with Crippen LogP contribution in [0.4, 0.5) is 20.2 Å². The van der Waals surface area contributed by atoms with Crippen LogP contribution in [0.3, 0.4) is 0 Å². The molecule has 0 unspecified atom stereocenters. The van der Waals surface area contributed by atoms with Gasteiger partial charge in [0, 0.05) is 35.6 Å². The quantitative estimate of drug-likeness (QED) is 0.563. The standard InChI is InChI=1S/C23H22F2N2O3/c1-14-10-18(24)19(25)12-20(14)27-23(28)16-6-4-15(5-7-16)13-26-17-8-9-21(29-2)22(11-17)30-3/h4-12,26H,13H2,1-3H3,(H,27,28). The third-order valence-corrected chi connectivity index (χ3v) is 4.61. The highest BCUT2D eigenvalue weighted by Crippen LogP contribution is 2.30. The number of amides is 1. The van der Waals surface area contributed by atoms with Gasteiger partial charge in [-0.25, -0.2) is 8.78 Å². The first-order chi connectivity index (χ1) is 14.4. The highest BCUT2D eigenvalue weighted by Gasteiger charge is 2.11. The van der Waals surface area contributed by atoms with Crippen LogP contribution < -0.4 is 20.1 Å². The van der Waals surface area contributed by atoms with Gasteiger partial charge in [-0.15, -0.1) is 0 Å². The van der Waals surface area contributed by atoms with Crippen LogP contribution in [0.25, 0.3) is 0 Å². The van der Waals surface area contributed by atoms with Gasteiger partial charge in [0.05, 0.1) is 14.2 Å². The summed E-state index contributed by atoms with van der Waals surface area (Å²) in [5.41, 5.74) is 2.92. The lowest BCUT2D eigenvalue weighted by molar-refractivity contribution is 0.102. The molecule has 0 fully saturated rings. The van der Waals surface area contributed by atoms with Crippen molar-refractivity contribution in [3.8, 4) is 11.5 Å². The smallest absolute Gasteiger partial charge is 0.255 e. The van der Waals surface area contributed by atoms with Crippen molar-refractivity contribution in [1.82, 2.24) is 0 Å². The minimum Gasteiger partial charge on any atom is -0.493 e. The predicted octanol–water partition coefficient (Wildman–Crippen LogP) is 5.15. The molecular weight excluding hydrogens is 390 g/mol. The van der Waals surface area contributed by atoms with Crippen LogP contribution in [-0.4, -0.2) is 20.1 Å². The Bertz CT molecular complexity index is 1050. The molecule has 0 aliphatic carbocycles. The van der Waals surface area contributed by atoms with Crippen molar-refractivity contribution in [1.29, 1.82) is 0 Å². The van der Waals surface area contributed by atoms with Crippen molar-refractivity contribution in [2.24, 2.45) is 0 Å². The molecule has 0 bridgehead atoms. The maximum Gasteiger partial charge on any atom is 0.255 e. The minimum absolute atomic E-state index is 0.234. The fraction of sp³-hybridized carbons (Fsp3) is 0.174. The molecule has 2 N–H and O–H groups in total. The van der Waals surface area contributed by atoms with Gasteiger partial charge in [-0.3, -0.25) is 4.79 Å². The topological polar surface area (TPSA) is 59.6 Å². The van der Waals surface area contributed by atoms with Gasteiger partial charge < -0.3 is 20.1 Å². The summed E-state index contributed by atoms with van der Waals surface area (Å²) in [7, 11) is 3.16. The number of methoxy groups -OCH3 is 2. The lowest BCUT2D eigenvalue weighted by Gasteiger charge is -2.12. The highest BCUT2D eigenvalue weighted by atomic mass is 19.2. The molecule has 1 amide bonds. The van der Waals surface area contributed by atoms with E-state index in [1.165, 1.54) is 0 Å². The zero-order valence-electron chi connectivity index (χ0n) is 16.9. The van der Waals surface area contributed by atoms with Gasteiger partial charge in [-0.05, 0) is 48.4 Å². The summed E-state index contributed by atoms with van der Waals surface area (Å²) >= 11 is 0. The Balaban J connectivity index is 1.63. The van der Waals surface area contributed by atoms with E-state index in [1.807, 2.05) is 30.3 Å². The molecule has 30 heavy (non-hydrogen) atoms. The summed E-state index contributed by atoms with van der Waals surface area (Å²) in [5.74, 6) is -1.08. The van der Waals surface area contributed by atoms with Crippen LogP contribution in [0.2, 0.25) is 0 Å². The van der Waals surface area contributed by atoms with E-state index in [0.717, 1.165) is 23.4 Å². The van der Waals surface area contributed by atoms with Crippen molar-refractivity contribution in [2.45, 2.75) is 13.5 Å². The van der Waals surface area contributed by atoms with E-state index in [-0.39, 0.29) is 5.69 Å². The second kappa shape index (κ2) is 9.26.